The highest BCUT2D eigenvalue weighted by Crippen LogP contribution is 2.31. The van der Waals surface area contributed by atoms with Gasteiger partial charge in [-0.05, 0) is 48.9 Å². The molecule has 3 nitrogen and oxygen atoms in total. The van der Waals surface area contributed by atoms with Crippen LogP contribution in [0.25, 0.3) is 0 Å². The number of nitrogens with one attached hydrogen (secondary N) is 1. The van der Waals surface area contributed by atoms with Crippen LogP contribution in [0, 0.1) is 11.8 Å². The standard InChI is InChI=1S/C17H25NO2/c1-13-3-4-14(9-13)11-18-12-15-5-6-16-17(10-15)20-8-2-7-19-16/h5-6,10,13-14,18H,2-4,7-9,11-12H2,1H3. The maximum atomic E-state index is 5.73. The van der Waals surface area contributed by atoms with Gasteiger partial charge in [-0.2, -0.15) is 0 Å². The van der Waals surface area contributed by atoms with E-state index in [9.17, 15) is 0 Å². The van der Waals surface area contributed by atoms with Gasteiger partial charge in [-0.25, -0.2) is 0 Å². The molecule has 3 heteroatoms. The van der Waals surface area contributed by atoms with Gasteiger partial charge in [0.05, 0.1) is 13.2 Å². The van der Waals surface area contributed by atoms with Gasteiger partial charge < -0.3 is 14.8 Å². The van der Waals surface area contributed by atoms with Gasteiger partial charge in [-0.3, -0.25) is 0 Å². The molecule has 1 fully saturated rings. The molecule has 0 bridgehead atoms. The van der Waals surface area contributed by atoms with Gasteiger partial charge in [0.25, 0.3) is 0 Å². The summed E-state index contributed by atoms with van der Waals surface area (Å²) >= 11 is 0. The molecule has 1 N–H and O–H groups in total. The maximum Gasteiger partial charge on any atom is 0.161 e. The Morgan fingerprint density at radius 1 is 1.15 bits per heavy atom. The van der Waals surface area contributed by atoms with Gasteiger partial charge >= 0.3 is 0 Å². The van der Waals surface area contributed by atoms with Crippen LogP contribution in [0.1, 0.15) is 38.2 Å². The highest BCUT2D eigenvalue weighted by atomic mass is 16.5. The van der Waals surface area contributed by atoms with Crippen LogP contribution in [0.2, 0.25) is 0 Å². The Balaban J connectivity index is 1.51. The minimum atomic E-state index is 0.754. The van der Waals surface area contributed by atoms with Crippen LogP contribution in [0.5, 0.6) is 11.5 Å². The molecule has 1 saturated carbocycles. The summed E-state index contributed by atoms with van der Waals surface area (Å²) in [6.45, 7) is 5.93. The lowest BCUT2D eigenvalue weighted by Crippen LogP contribution is -2.21. The van der Waals surface area contributed by atoms with E-state index in [1.54, 1.807) is 0 Å². The van der Waals surface area contributed by atoms with E-state index in [1.807, 2.05) is 6.07 Å². The smallest absolute Gasteiger partial charge is 0.161 e. The molecule has 0 saturated heterocycles. The highest BCUT2D eigenvalue weighted by molar-refractivity contribution is 5.43. The first kappa shape index (κ1) is 13.7. The number of benzene rings is 1. The summed E-state index contributed by atoms with van der Waals surface area (Å²) < 4.78 is 11.4. The Hall–Kier alpha value is -1.22. The second kappa shape index (κ2) is 6.49. The molecular formula is C17H25NO2. The maximum absolute atomic E-state index is 5.73. The summed E-state index contributed by atoms with van der Waals surface area (Å²) in [6, 6.07) is 6.29. The minimum absolute atomic E-state index is 0.754. The van der Waals surface area contributed by atoms with Crippen LogP contribution >= 0.6 is 0 Å². The lowest BCUT2D eigenvalue weighted by molar-refractivity contribution is 0.297. The molecule has 0 radical (unpaired) electrons. The Morgan fingerprint density at radius 2 is 2.00 bits per heavy atom. The molecule has 0 spiro atoms. The van der Waals surface area contributed by atoms with Crippen molar-refractivity contribution in [3.05, 3.63) is 23.8 Å². The van der Waals surface area contributed by atoms with Gasteiger partial charge in [-0.15, -0.1) is 0 Å². The summed E-state index contributed by atoms with van der Waals surface area (Å²) in [4.78, 5) is 0. The Bertz CT molecular complexity index is 447. The molecule has 1 aliphatic heterocycles. The van der Waals surface area contributed by atoms with Crippen molar-refractivity contribution >= 4 is 0 Å². The van der Waals surface area contributed by atoms with E-state index >= 15 is 0 Å². The van der Waals surface area contributed by atoms with Crippen molar-refractivity contribution in [2.45, 2.75) is 39.2 Å². The molecule has 2 aliphatic rings. The number of fused-ring (bicyclic) bond motifs is 1. The van der Waals surface area contributed by atoms with Gasteiger partial charge in [0, 0.05) is 13.0 Å². The molecule has 20 heavy (non-hydrogen) atoms. The molecule has 0 amide bonds. The first-order valence-electron chi connectivity index (χ1n) is 7.90. The molecule has 1 aliphatic carbocycles. The second-order valence-electron chi connectivity index (χ2n) is 6.25. The van der Waals surface area contributed by atoms with Gasteiger partial charge in [-0.1, -0.05) is 19.4 Å². The van der Waals surface area contributed by atoms with E-state index in [-0.39, 0.29) is 0 Å². The molecule has 3 rings (SSSR count). The van der Waals surface area contributed by atoms with Crippen molar-refractivity contribution in [1.82, 2.24) is 5.32 Å². The van der Waals surface area contributed by atoms with Gasteiger partial charge in [0.1, 0.15) is 0 Å². The van der Waals surface area contributed by atoms with Crippen molar-refractivity contribution in [3.8, 4) is 11.5 Å². The topological polar surface area (TPSA) is 30.5 Å². The Morgan fingerprint density at radius 3 is 2.80 bits per heavy atom. The van der Waals surface area contributed by atoms with Gasteiger partial charge in [0.2, 0.25) is 0 Å². The van der Waals surface area contributed by atoms with Gasteiger partial charge in [0.15, 0.2) is 11.5 Å². The first-order chi connectivity index (χ1) is 9.81. The Labute approximate surface area is 121 Å². The van der Waals surface area contributed by atoms with Crippen molar-refractivity contribution < 1.29 is 9.47 Å². The minimum Gasteiger partial charge on any atom is -0.490 e. The molecule has 1 heterocycles. The summed E-state index contributed by atoms with van der Waals surface area (Å²) in [5.41, 5.74) is 1.28. The molecular weight excluding hydrogens is 250 g/mol. The lowest BCUT2D eigenvalue weighted by Gasteiger charge is -2.13. The van der Waals surface area contributed by atoms with E-state index in [4.69, 9.17) is 9.47 Å². The second-order valence-corrected chi connectivity index (χ2v) is 6.25. The fourth-order valence-electron chi connectivity index (χ4n) is 3.25. The third-order valence-corrected chi connectivity index (χ3v) is 4.38. The average molecular weight is 275 g/mol. The predicted octanol–water partition coefficient (Wildman–Crippen LogP) is 3.37. The van der Waals surface area contributed by atoms with Crippen LogP contribution in [0.4, 0.5) is 0 Å². The number of ether oxygens (including phenoxy) is 2. The molecule has 2 unspecified atom stereocenters. The van der Waals surface area contributed by atoms with Crippen molar-refractivity contribution in [3.63, 3.8) is 0 Å². The zero-order valence-electron chi connectivity index (χ0n) is 12.4. The summed E-state index contributed by atoms with van der Waals surface area (Å²) in [5, 5.41) is 3.59. The van der Waals surface area contributed by atoms with E-state index < -0.39 is 0 Å². The molecule has 1 aromatic carbocycles. The van der Waals surface area contributed by atoms with Crippen LogP contribution in [0.3, 0.4) is 0 Å². The van der Waals surface area contributed by atoms with Crippen LogP contribution in [-0.4, -0.2) is 19.8 Å². The third-order valence-electron chi connectivity index (χ3n) is 4.38. The molecule has 1 aromatic rings. The van der Waals surface area contributed by atoms with Crippen LogP contribution < -0.4 is 14.8 Å². The van der Waals surface area contributed by atoms with Crippen LogP contribution in [0.15, 0.2) is 18.2 Å². The first-order valence-corrected chi connectivity index (χ1v) is 7.90. The zero-order valence-corrected chi connectivity index (χ0v) is 12.4. The monoisotopic (exact) mass is 275 g/mol. The molecule has 0 aromatic heterocycles. The summed E-state index contributed by atoms with van der Waals surface area (Å²) in [6.07, 6.45) is 5.13. The lowest BCUT2D eigenvalue weighted by atomic mass is 10.1. The highest BCUT2D eigenvalue weighted by Gasteiger charge is 2.20. The third kappa shape index (κ3) is 3.45. The van der Waals surface area contributed by atoms with Crippen molar-refractivity contribution in [2.75, 3.05) is 19.8 Å². The predicted molar refractivity (Wildman–Crippen MR) is 80.3 cm³/mol. The molecule has 110 valence electrons. The number of hydrogen-bond acceptors (Lipinski definition) is 3. The van der Waals surface area contributed by atoms with E-state index in [1.165, 1.54) is 24.8 Å². The Kier molecular flexibility index (Phi) is 4.46. The van der Waals surface area contributed by atoms with E-state index in [0.717, 1.165) is 56.1 Å². The summed E-state index contributed by atoms with van der Waals surface area (Å²) in [7, 11) is 0. The zero-order chi connectivity index (χ0) is 13.8. The summed E-state index contributed by atoms with van der Waals surface area (Å²) in [5.74, 6) is 3.57. The number of hydrogen-bond donors (Lipinski definition) is 1. The number of rotatable bonds is 4. The van der Waals surface area contributed by atoms with Crippen LogP contribution in [-0.2, 0) is 6.54 Å². The average Bonchev–Trinajstić information content (AvgIpc) is 2.73. The molecule has 2 atom stereocenters. The normalized spacial score (nSPS) is 25.4. The fraction of sp³-hybridized carbons (Fsp3) is 0.647. The van der Waals surface area contributed by atoms with E-state index in [2.05, 4.69) is 24.4 Å². The van der Waals surface area contributed by atoms with E-state index in [0.29, 0.717) is 0 Å². The fourth-order valence-corrected chi connectivity index (χ4v) is 3.25. The van der Waals surface area contributed by atoms with Crippen molar-refractivity contribution in [2.24, 2.45) is 11.8 Å². The SMILES string of the molecule is CC1CCC(CNCc2ccc3c(c2)OCCCO3)C1. The largest absolute Gasteiger partial charge is 0.490 e. The van der Waals surface area contributed by atoms with Crippen molar-refractivity contribution in [1.29, 1.82) is 0 Å². The quantitative estimate of drug-likeness (QED) is 0.914.